The summed E-state index contributed by atoms with van der Waals surface area (Å²) in [4.78, 5) is 20.6. The van der Waals surface area contributed by atoms with E-state index in [-0.39, 0.29) is 6.03 Å². The summed E-state index contributed by atoms with van der Waals surface area (Å²) in [7, 11) is 0. The highest BCUT2D eigenvalue weighted by Gasteiger charge is 2.31. The predicted molar refractivity (Wildman–Crippen MR) is 117 cm³/mol. The molecule has 1 aromatic heterocycles. The van der Waals surface area contributed by atoms with Crippen molar-refractivity contribution in [2.45, 2.75) is 31.7 Å². The minimum atomic E-state index is -0.109. The number of amides is 2. The first-order valence-electron chi connectivity index (χ1n) is 9.98. The second kappa shape index (κ2) is 9.20. The van der Waals surface area contributed by atoms with Gasteiger partial charge in [0.05, 0.1) is 28.5 Å². The molecule has 2 saturated heterocycles. The van der Waals surface area contributed by atoms with Crippen LogP contribution in [0.1, 0.15) is 25.7 Å². The Labute approximate surface area is 180 Å². The number of anilines is 2. The summed E-state index contributed by atoms with van der Waals surface area (Å²) >= 11 is 12.1. The highest BCUT2D eigenvalue weighted by Crippen LogP contribution is 2.30. The van der Waals surface area contributed by atoms with E-state index in [1.807, 2.05) is 12.1 Å². The van der Waals surface area contributed by atoms with Gasteiger partial charge in [-0.1, -0.05) is 29.6 Å². The molecule has 0 aliphatic carbocycles. The lowest BCUT2D eigenvalue weighted by Crippen LogP contribution is -2.35. The van der Waals surface area contributed by atoms with Gasteiger partial charge in [0, 0.05) is 30.9 Å². The maximum atomic E-state index is 12.8. The fraction of sp³-hybridized carbons (Fsp3) is 0.429. The standard InChI is InChI=1S/C21H24Cl2N4O2/c22-18-6-4-16(13-19(18)23)26-10-11-27(21(26)28)17-5-7-20(25-14-17)29-12-8-15-3-1-2-9-24-15/h4-7,13-15,24H,1-3,8-12H2. The van der Waals surface area contributed by atoms with Crippen LogP contribution >= 0.6 is 23.2 Å². The first-order chi connectivity index (χ1) is 14.1. The molecule has 1 aromatic carbocycles. The Morgan fingerprint density at radius 2 is 1.86 bits per heavy atom. The maximum Gasteiger partial charge on any atom is 0.329 e. The number of urea groups is 1. The highest BCUT2D eigenvalue weighted by molar-refractivity contribution is 6.42. The van der Waals surface area contributed by atoms with Crippen LogP contribution in [0.15, 0.2) is 36.5 Å². The first-order valence-corrected chi connectivity index (χ1v) is 10.7. The molecule has 0 saturated carbocycles. The molecule has 2 fully saturated rings. The van der Waals surface area contributed by atoms with Crippen molar-refractivity contribution in [3.63, 3.8) is 0 Å². The van der Waals surface area contributed by atoms with Gasteiger partial charge in [-0.25, -0.2) is 9.78 Å². The van der Waals surface area contributed by atoms with E-state index < -0.39 is 0 Å². The summed E-state index contributed by atoms with van der Waals surface area (Å²) in [6, 6.07) is 9.33. The van der Waals surface area contributed by atoms with Gasteiger partial charge < -0.3 is 10.1 Å². The van der Waals surface area contributed by atoms with E-state index in [4.69, 9.17) is 27.9 Å². The fourth-order valence-electron chi connectivity index (χ4n) is 3.76. The second-order valence-corrected chi connectivity index (χ2v) is 8.14. The zero-order valence-electron chi connectivity index (χ0n) is 16.1. The van der Waals surface area contributed by atoms with Crippen molar-refractivity contribution in [1.29, 1.82) is 0 Å². The van der Waals surface area contributed by atoms with Gasteiger partial charge in [-0.05, 0) is 50.1 Å². The topological polar surface area (TPSA) is 57.7 Å². The van der Waals surface area contributed by atoms with Gasteiger partial charge in [-0.2, -0.15) is 0 Å². The third-order valence-electron chi connectivity index (χ3n) is 5.38. The van der Waals surface area contributed by atoms with Gasteiger partial charge in [0.2, 0.25) is 5.88 Å². The van der Waals surface area contributed by atoms with Crippen molar-refractivity contribution in [2.75, 3.05) is 36.0 Å². The number of aromatic nitrogens is 1. The SMILES string of the molecule is O=C1N(c2ccc(OCCC3CCCCN3)nc2)CCN1c1ccc(Cl)c(Cl)c1. The van der Waals surface area contributed by atoms with Gasteiger partial charge in [-0.15, -0.1) is 0 Å². The summed E-state index contributed by atoms with van der Waals surface area (Å²) < 4.78 is 5.78. The number of benzene rings is 1. The molecule has 2 aliphatic heterocycles. The van der Waals surface area contributed by atoms with E-state index >= 15 is 0 Å². The normalized spacial score (nSPS) is 19.7. The molecule has 0 radical (unpaired) electrons. The third kappa shape index (κ3) is 4.77. The summed E-state index contributed by atoms with van der Waals surface area (Å²) in [6.45, 7) is 2.89. The molecule has 1 N–H and O–H groups in total. The summed E-state index contributed by atoms with van der Waals surface area (Å²) in [6.07, 6.45) is 6.42. The smallest absolute Gasteiger partial charge is 0.329 e. The number of carbonyl (C=O) groups is 1. The molecule has 2 aromatic rings. The molecule has 4 rings (SSSR count). The maximum absolute atomic E-state index is 12.8. The van der Waals surface area contributed by atoms with Crippen LogP contribution in [-0.4, -0.2) is 43.3 Å². The van der Waals surface area contributed by atoms with E-state index in [1.165, 1.54) is 19.3 Å². The minimum Gasteiger partial charge on any atom is -0.478 e. The largest absolute Gasteiger partial charge is 0.478 e. The molecule has 1 atom stereocenters. The Bertz CT molecular complexity index is 856. The number of piperidine rings is 1. The van der Waals surface area contributed by atoms with Crippen molar-refractivity contribution in [2.24, 2.45) is 0 Å². The van der Waals surface area contributed by atoms with Gasteiger partial charge in [0.1, 0.15) is 0 Å². The average molecular weight is 435 g/mol. The Morgan fingerprint density at radius 1 is 1.07 bits per heavy atom. The molecule has 3 heterocycles. The zero-order chi connectivity index (χ0) is 20.2. The molecule has 1 unspecified atom stereocenters. The zero-order valence-corrected chi connectivity index (χ0v) is 17.6. The first kappa shape index (κ1) is 20.3. The molecule has 6 nitrogen and oxygen atoms in total. The monoisotopic (exact) mass is 434 g/mol. The van der Waals surface area contributed by atoms with E-state index in [0.717, 1.165) is 24.3 Å². The van der Waals surface area contributed by atoms with Gasteiger partial charge in [0.25, 0.3) is 0 Å². The third-order valence-corrected chi connectivity index (χ3v) is 6.12. The molecule has 154 valence electrons. The molecule has 0 spiro atoms. The van der Waals surface area contributed by atoms with E-state index in [9.17, 15) is 4.79 Å². The van der Waals surface area contributed by atoms with Gasteiger partial charge >= 0.3 is 6.03 Å². The average Bonchev–Trinajstić information content (AvgIpc) is 3.13. The number of rotatable bonds is 6. The van der Waals surface area contributed by atoms with Crippen LogP contribution in [-0.2, 0) is 0 Å². The van der Waals surface area contributed by atoms with Crippen LogP contribution in [0, 0.1) is 0 Å². The number of hydrogen-bond donors (Lipinski definition) is 1. The van der Waals surface area contributed by atoms with Crippen LogP contribution in [0.3, 0.4) is 0 Å². The van der Waals surface area contributed by atoms with Crippen molar-refractivity contribution >= 4 is 40.6 Å². The van der Waals surface area contributed by atoms with Crippen molar-refractivity contribution in [3.8, 4) is 5.88 Å². The van der Waals surface area contributed by atoms with E-state index in [0.29, 0.717) is 41.7 Å². The molecule has 0 bridgehead atoms. The number of pyridine rings is 1. The van der Waals surface area contributed by atoms with Crippen molar-refractivity contribution in [3.05, 3.63) is 46.6 Å². The quantitative estimate of drug-likeness (QED) is 0.712. The van der Waals surface area contributed by atoms with Crippen molar-refractivity contribution < 1.29 is 9.53 Å². The molecular weight excluding hydrogens is 411 g/mol. The fourth-order valence-corrected chi connectivity index (χ4v) is 4.06. The van der Waals surface area contributed by atoms with Crippen LogP contribution < -0.4 is 19.9 Å². The number of nitrogens with one attached hydrogen (secondary N) is 1. The van der Waals surface area contributed by atoms with Gasteiger partial charge in [0.15, 0.2) is 0 Å². The lowest BCUT2D eigenvalue weighted by atomic mass is 10.0. The highest BCUT2D eigenvalue weighted by atomic mass is 35.5. The minimum absolute atomic E-state index is 0.109. The second-order valence-electron chi connectivity index (χ2n) is 7.32. The van der Waals surface area contributed by atoms with E-state index in [1.54, 1.807) is 34.2 Å². The Morgan fingerprint density at radius 3 is 2.55 bits per heavy atom. The number of halogens is 2. The molecule has 29 heavy (non-hydrogen) atoms. The Balaban J connectivity index is 1.34. The number of ether oxygens (including phenoxy) is 1. The number of nitrogens with zero attached hydrogens (tertiary/aromatic N) is 3. The van der Waals surface area contributed by atoms with Gasteiger partial charge in [-0.3, -0.25) is 9.80 Å². The molecular formula is C21H24Cl2N4O2. The number of hydrogen-bond acceptors (Lipinski definition) is 4. The summed E-state index contributed by atoms with van der Waals surface area (Å²) in [5, 5.41) is 4.42. The lowest BCUT2D eigenvalue weighted by molar-refractivity contribution is 0.255. The number of carbonyl (C=O) groups excluding carboxylic acids is 1. The van der Waals surface area contributed by atoms with Crippen LogP contribution in [0.5, 0.6) is 5.88 Å². The van der Waals surface area contributed by atoms with Crippen LogP contribution in [0.25, 0.3) is 0 Å². The van der Waals surface area contributed by atoms with Crippen LogP contribution in [0.4, 0.5) is 16.2 Å². The lowest BCUT2D eigenvalue weighted by Gasteiger charge is -2.23. The Kier molecular flexibility index (Phi) is 6.43. The van der Waals surface area contributed by atoms with E-state index in [2.05, 4.69) is 10.3 Å². The summed E-state index contributed by atoms with van der Waals surface area (Å²) in [5.41, 5.74) is 1.48. The Hall–Kier alpha value is -2.02. The molecule has 2 aliphatic rings. The predicted octanol–water partition coefficient (Wildman–Crippen LogP) is 4.75. The summed E-state index contributed by atoms with van der Waals surface area (Å²) in [5.74, 6) is 0.581. The molecule has 8 heteroatoms. The molecule has 2 amide bonds. The van der Waals surface area contributed by atoms with Crippen LogP contribution in [0.2, 0.25) is 10.0 Å². The van der Waals surface area contributed by atoms with Crippen molar-refractivity contribution in [1.82, 2.24) is 10.3 Å².